The van der Waals surface area contributed by atoms with Crippen LogP contribution >= 0.6 is 0 Å². The van der Waals surface area contributed by atoms with Crippen molar-refractivity contribution in [3.8, 4) is 0 Å². The Morgan fingerprint density at radius 3 is 0.857 bits per heavy atom. The summed E-state index contributed by atoms with van der Waals surface area (Å²) in [5, 5.41) is 5.99. The molecule has 0 atom stereocenters. The molecular weight excluding hydrogens is 606 g/mol. The van der Waals surface area contributed by atoms with Crippen molar-refractivity contribution < 1.29 is 14.4 Å². The third kappa shape index (κ3) is 48.6. The number of nitrogens with two attached hydrogens (primary N) is 1. The molecule has 0 unspecified atom stereocenters. The van der Waals surface area contributed by atoms with Crippen LogP contribution in [-0.4, -0.2) is 30.8 Å². The monoisotopic (exact) mass is 694 g/mol. The van der Waals surface area contributed by atoms with Crippen molar-refractivity contribution in [2.24, 2.45) is 5.73 Å². The highest BCUT2D eigenvalue weighted by molar-refractivity contribution is 5.76. The first kappa shape index (κ1) is 49.5. The summed E-state index contributed by atoms with van der Waals surface area (Å²) in [7, 11) is 0. The van der Waals surface area contributed by atoms with Gasteiger partial charge in [0, 0.05) is 32.4 Å². The Balaban J connectivity index is 0. The number of primary amides is 1. The van der Waals surface area contributed by atoms with Crippen LogP contribution in [-0.2, 0) is 14.4 Å². The fraction of sp³-hybridized carbons (Fsp3) is 0.930. The van der Waals surface area contributed by atoms with Gasteiger partial charge in [-0.1, -0.05) is 194 Å². The number of carbonyl (C=O) groups excluding carboxylic acids is 3. The van der Waals surface area contributed by atoms with Crippen LogP contribution in [0.2, 0.25) is 0 Å². The summed E-state index contributed by atoms with van der Waals surface area (Å²) in [5.74, 6) is 0.205. The highest BCUT2D eigenvalue weighted by atomic mass is 16.2. The van der Waals surface area contributed by atoms with E-state index in [1.54, 1.807) is 0 Å². The Morgan fingerprint density at radius 1 is 0.327 bits per heavy atom. The topological polar surface area (TPSA) is 101 Å². The average Bonchev–Trinajstić information content (AvgIpc) is 3.09. The minimum absolute atomic E-state index is 0.153. The van der Waals surface area contributed by atoms with Crippen LogP contribution in [0.5, 0.6) is 0 Å². The molecule has 0 aromatic heterocycles. The third-order valence-electron chi connectivity index (χ3n) is 9.54. The summed E-state index contributed by atoms with van der Waals surface area (Å²) in [6.45, 7) is 8.26. The molecule has 0 heterocycles. The van der Waals surface area contributed by atoms with E-state index in [0.29, 0.717) is 19.3 Å². The molecule has 0 aliphatic rings. The second-order valence-corrected chi connectivity index (χ2v) is 14.7. The molecule has 3 amide bonds. The van der Waals surface area contributed by atoms with Crippen LogP contribution in [0.25, 0.3) is 0 Å². The van der Waals surface area contributed by atoms with Crippen molar-refractivity contribution in [1.29, 1.82) is 0 Å². The second-order valence-electron chi connectivity index (χ2n) is 14.7. The predicted octanol–water partition coefficient (Wildman–Crippen LogP) is 12.4. The van der Waals surface area contributed by atoms with Gasteiger partial charge in [0.05, 0.1) is 0 Å². The Kier molecular flexibility index (Phi) is 44.9. The Hall–Kier alpha value is -1.59. The quantitative estimate of drug-likeness (QED) is 0.0561. The number of amides is 3. The van der Waals surface area contributed by atoms with Gasteiger partial charge >= 0.3 is 0 Å². The van der Waals surface area contributed by atoms with Crippen molar-refractivity contribution in [3.05, 3.63) is 0 Å². The predicted molar refractivity (Wildman–Crippen MR) is 214 cm³/mol. The lowest BCUT2D eigenvalue weighted by Crippen LogP contribution is -2.25. The summed E-state index contributed by atoms with van der Waals surface area (Å²) in [5.41, 5.74) is 5.11. The van der Waals surface area contributed by atoms with E-state index in [9.17, 15) is 14.4 Å². The van der Waals surface area contributed by atoms with Crippen LogP contribution in [0, 0.1) is 0 Å². The van der Waals surface area contributed by atoms with Gasteiger partial charge in [-0.25, -0.2) is 0 Å². The highest BCUT2D eigenvalue weighted by Gasteiger charge is 2.03. The fourth-order valence-electron chi connectivity index (χ4n) is 6.22. The molecule has 49 heavy (non-hydrogen) atoms. The van der Waals surface area contributed by atoms with Crippen LogP contribution < -0.4 is 16.4 Å². The number of hydrogen-bond donors (Lipinski definition) is 3. The highest BCUT2D eigenvalue weighted by Crippen LogP contribution is 2.14. The van der Waals surface area contributed by atoms with Gasteiger partial charge in [-0.3, -0.25) is 14.4 Å². The molecule has 0 aliphatic heterocycles. The minimum atomic E-state index is -0.153. The largest absolute Gasteiger partial charge is 0.370 e. The van der Waals surface area contributed by atoms with Gasteiger partial charge in [0.2, 0.25) is 17.7 Å². The number of unbranched alkanes of at least 4 members (excludes halogenated alkanes) is 28. The molecule has 0 aromatic rings. The summed E-state index contributed by atoms with van der Waals surface area (Å²) >= 11 is 0. The summed E-state index contributed by atoms with van der Waals surface area (Å²) < 4.78 is 0. The first-order valence-electron chi connectivity index (χ1n) is 21.8. The van der Waals surface area contributed by atoms with Crippen molar-refractivity contribution in [1.82, 2.24) is 10.6 Å². The lowest BCUT2D eigenvalue weighted by molar-refractivity contribution is -0.122. The SMILES string of the molecule is CCCCCCCCCCCCCC(=O)NCCCCCC(=O)NCCCCC.CCCCCCCCCCCCCCCCCC(N)=O. The molecule has 0 fully saturated rings. The molecule has 0 bridgehead atoms. The summed E-state index contributed by atoms with van der Waals surface area (Å²) in [6.07, 6.45) is 42.9. The zero-order valence-electron chi connectivity index (χ0n) is 33.5. The van der Waals surface area contributed by atoms with Gasteiger partial charge in [0.25, 0.3) is 0 Å². The van der Waals surface area contributed by atoms with Crippen LogP contribution in [0.1, 0.15) is 245 Å². The van der Waals surface area contributed by atoms with Crippen molar-refractivity contribution in [2.75, 3.05) is 13.1 Å². The number of nitrogens with one attached hydrogen (secondary N) is 2. The van der Waals surface area contributed by atoms with Gasteiger partial charge in [-0.05, 0) is 32.1 Å². The smallest absolute Gasteiger partial charge is 0.219 e. The Labute approximate surface area is 306 Å². The van der Waals surface area contributed by atoms with Gasteiger partial charge in [0.1, 0.15) is 0 Å². The zero-order chi connectivity index (χ0) is 36.3. The number of carbonyl (C=O) groups is 3. The molecule has 6 heteroatoms. The molecule has 4 N–H and O–H groups in total. The maximum absolute atomic E-state index is 11.8. The summed E-state index contributed by atoms with van der Waals surface area (Å²) in [4.78, 5) is 34.0. The second kappa shape index (κ2) is 44.4. The zero-order valence-corrected chi connectivity index (χ0v) is 33.5. The van der Waals surface area contributed by atoms with E-state index < -0.39 is 0 Å². The molecule has 6 nitrogen and oxygen atoms in total. The molecule has 0 radical (unpaired) electrons. The van der Waals surface area contributed by atoms with Crippen LogP contribution in [0.4, 0.5) is 0 Å². The third-order valence-corrected chi connectivity index (χ3v) is 9.54. The molecular formula is C43H87N3O3. The Bertz CT molecular complexity index is 685. The van der Waals surface area contributed by atoms with E-state index in [1.807, 2.05) is 0 Å². The molecule has 0 saturated carbocycles. The van der Waals surface area contributed by atoms with E-state index in [2.05, 4.69) is 31.4 Å². The van der Waals surface area contributed by atoms with Crippen molar-refractivity contribution in [3.63, 3.8) is 0 Å². The van der Waals surface area contributed by atoms with Crippen LogP contribution in [0.15, 0.2) is 0 Å². The van der Waals surface area contributed by atoms with E-state index in [-0.39, 0.29) is 17.7 Å². The maximum atomic E-state index is 11.8. The van der Waals surface area contributed by atoms with Crippen LogP contribution in [0.3, 0.4) is 0 Å². The first-order valence-corrected chi connectivity index (χ1v) is 21.8. The Morgan fingerprint density at radius 2 is 0.551 bits per heavy atom. The molecule has 0 spiro atoms. The van der Waals surface area contributed by atoms with E-state index >= 15 is 0 Å². The summed E-state index contributed by atoms with van der Waals surface area (Å²) in [6, 6.07) is 0. The van der Waals surface area contributed by atoms with Gasteiger partial charge in [-0.2, -0.15) is 0 Å². The maximum Gasteiger partial charge on any atom is 0.219 e. The van der Waals surface area contributed by atoms with Crippen molar-refractivity contribution in [2.45, 2.75) is 245 Å². The fourth-order valence-corrected chi connectivity index (χ4v) is 6.22. The number of hydrogen-bond acceptors (Lipinski definition) is 3. The molecule has 0 aliphatic carbocycles. The van der Waals surface area contributed by atoms with Gasteiger partial charge in [0.15, 0.2) is 0 Å². The van der Waals surface area contributed by atoms with E-state index in [0.717, 1.165) is 51.6 Å². The molecule has 0 aromatic carbocycles. The van der Waals surface area contributed by atoms with E-state index in [4.69, 9.17) is 5.73 Å². The van der Waals surface area contributed by atoms with E-state index in [1.165, 1.54) is 167 Å². The molecule has 0 rings (SSSR count). The minimum Gasteiger partial charge on any atom is -0.370 e. The van der Waals surface area contributed by atoms with Gasteiger partial charge < -0.3 is 16.4 Å². The normalized spacial score (nSPS) is 10.8. The number of rotatable bonds is 38. The lowest BCUT2D eigenvalue weighted by atomic mass is 10.0. The standard InChI is InChI=1S/C25H50N2O2.C18H37NO/c1-3-5-7-8-9-10-11-12-13-14-16-20-24(28)27-23-19-15-17-21-25(29)26-22-18-6-4-2;1-2-3-4-5-6-7-8-9-10-11-12-13-14-15-16-17-18(19)20/h3-23H2,1-2H3,(H,26,29)(H,27,28);2-17H2,1H3,(H2,19,20). The molecule has 0 saturated heterocycles. The van der Waals surface area contributed by atoms with Crippen molar-refractivity contribution >= 4 is 17.7 Å². The first-order chi connectivity index (χ1) is 24.0. The lowest BCUT2D eigenvalue weighted by Gasteiger charge is -2.06. The molecule has 292 valence electrons. The average molecular weight is 694 g/mol. The van der Waals surface area contributed by atoms with Gasteiger partial charge in [-0.15, -0.1) is 0 Å².